The maximum Gasteiger partial charge on any atom is 0.257 e. The maximum absolute atomic E-state index is 13.9. The van der Waals surface area contributed by atoms with Gasteiger partial charge < -0.3 is 14.2 Å². The standard InChI is InChI=1S/C16H14BrFN2O3/c17-12-1-2-13(14(18)9-12)16(22)20-6-4-19(5-7-20)15(21)11-3-8-23-10-11/h1-3,8-10H,4-7H2. The van der Waals surface area contributed by atoms with Gasteiger partial charge in [0, 0.05) is 30.7 Å². The van der Waals surface area contributed by atoms with Crippen LogP contribution in [0.15, 0.2) is 45.7 Å². The zero-order valence-corrected chi connectivity index (χ0v) is 13.8. The summed E-state index contributed by atoms with van der Waals surface area (Å²) in [5.41, 5.74) is 0.534. The first-order valence-corrected chi connectivity index (χ1v) is 7.91. The number of carbonyl (C=O) groups is 2. The van der Waals surface area contributed by atoms with Crippen LogP contribution in [0.4, 0.5) is 4.39 Å². The van der Waals surface area contributed by atoms with Crippen molar-refractivity contribution in [3.63, 3.8) is 0 Å². The van der Waals surface area contributed by atoms with Crippen LogP contribution in [0.25, 0.3) is 0 Å². The van der Waals surface area contributed by atoms with Crippen molar-refractivity contribution in [3.05, 3.63) is 58.2 Å². The number of furan rings is 1. The molecule has 0 atom stereocenters. The number of piperazine rings is 1. The average Bonchev–Trinajstić information content (AvgIpc) is 3.08. The molecule has 1 fully saturated rings. The van der Waals surface area contributed by atoms with Crippen molar-refractivity contribution in [1.82, 2.24) is 9.80 Å². The molecular weight excluding hydrogens is 367 g/mol. The molecule has 5 nitrogen and oxygen atoms in total. The highest BCUT2D eigenvalue weighted by Gasteiger charge is 2.27. The third-order valence-electron chi connectivity index (χ3n) is 3.78. The smallest absolute Gasteiger partial charge is 0.257 e. The monoisotopic (exact) mass is 380 g/mol. The fourth-order valence-electron chi connectivity index (χ4n) is 2.51. The summed E-state index contributed by atoms with van der Waals surface area (Å²) in [6, 6.07) is 5.97. The number of halogens is 2. The maximum atomic E-state index is 13.9. The molecule has 7 heteroatoms. The molecule has 0 saturated carbocycles. The molecule has 2 heterocycles. The highest BCUT2D eigenvalue weighted by molar-refractivity contribution is 9.10. The van der Waals surface area contributed by atoms with Crippen molar-refractivity contribution in [2.45, 2.75) is 0 Å². The number of carbonyl (C=O) groups excluding carboxylic acids is 2. The molecule has 1 aliphatic rings. The molecule has 0 bridgehead atoms. The van der Waals surface area contributed by atoms with Gasteiger partial charge in [-0.1, -0.05) is 15.9 Å². The van der Waals surface area contributed by atoms with Gasteiger partial charge in [0.05, 0.1) is 17.4 Å². The van der Waals surface area contributed by atoms with E-state index < -0.39 is 5.82 Å². The van der Waals surface area contributed by atoms with Crippen molar-refractivity contribution in [3.8, 4) is 0 Å². The second kappa shape index (κ2) is 6.54. The topological polar surface area (TPSA) is 53.8 Å². The molecule has 3 rings (SSSR count). The number of hydrogen-bond donors (Lipinski definition) is 0. The number of nitrogens with zero attached hydrogens (tertiary/aromatic N) is 2. The normalized spacial score (nSPS) is 14.9. The number of rotatable bonds is 2. The van der Waals surface area contributed by atoms with Crippen molar-refractivity contribution < 1.29 is 18.4 Å². The molecule has 1 aliphatic heterocycles. The Balaban J connectivity index is 1.64. The molecule has 1 aromatic heterocycles. The van der Waals surface area contributed by atoms with E-state index in [-0.39, 0.29) is 17.4 Å². The molecule has 0 radical (unpaired) electrons. The molecule has 120 valence electrons. The molecule has 2 amide bonds. The molecule has 23 heavy (non-hydrogen) atoms. The lowest BCUT2D eigenvalue weighted by Gasteiger charge is -2.34. The van der Waals surface area contributed by atoms with E-state index in [0.717, 1.165) is 0 Å². The Hall–Kier alpha value is -2.15. The van der Waals surface area contributed by atoms with Crippen LogP contribution in [0.3, 0.4) is 0 Å². The molecule has 2 aromatic rings. The summed E-state index contributed by atoms with van der Waals surface area (Å²) in [5.74, 6) is -1.03. The van der Waals surface area contributed by atoms with Crippen LogP contribution in [0, 0.1) is 5.82 Å². The van der Waals surface area contributed by atoms with Crippen LogP contribution in [0.2, 0.25) is 0 Å². The minimum Gasteiger partial charge on any atom is -0.472 e. The van der Waals surface area contributed by atoms with Gasteiger partial charge in [-0.2, -0.15) is 0 Å². The van der Waals surface area contributed by atoms with Gasteiger partial charge in [-0.05, 0) is 24.3 Å². The predicted octanol–water partition coefficient (Wildman–Crippen LogP) is 2.78. The highest BCUT2D eigenvalue weighted by Crippen LogP contribution is 2.18. The fourth-order valence-corrected chi connectivity index (χ4v) is 2.85. The average molecular weight is 381 g/mol. The molecule has 1 aromatic carbocycles. The minimum atomic E-state index is -0.554. The zero-order valence-electron chi connectivity index (χ0n) is 12.2. The minimum absolute atomic E-state index is 0.0443. The number of amides is 2. The van der Waals surface area contributed by atoms with Crippen LogP contribution < -0.4 is 0 Å². The summed E-state index contributed by atoms with van der Waals surface area (Å²) in [6.45, 7) is 1.57. The lowest BCUT2D eigenvalue weighted by atomic mass is 10.1. The van der Waals surface area contributed by atoms with Gasteiger partial charge in [0.1, 0.15) is 12.1 Å². The van der Waals surface area contributed by atoms with E-state index in [4.69, 9.17) is 4.42 Å². The van der Waals surface area contributed by atoms with Crippen LogP contribution >= 0.6 is 15.9 Å². The second-order valence-electron chi connectivity index (χ2n) is 5.22. The van der Waals surface area contributed by atoms with Gasteiger partial charge in [-0.15, -0.1) is 0 Å². The summed E-state index contributed by atoms with van der Waals surface area (Å²) >= 11 is 3.17. The van der Waals surface area contributed by atoms with Crippen molar-refractivity contribution in [2.24, 2.45) is 0 Å². The molecular formula is C16H14BrFN2O3. The Bertz CT molecular complexity index is 725. The first-order valence-electron chi connectivity index (χ1n) is 7.12. The third kappa shape index (κ3) is 3.29. The highest BCUT2D eigenvalue weighted by atomic mass is 79.9. The van der Waals surface area contributed by atoms with Crippen LogP contribution in [-0.4, -0.2) is 47.8 Å². The molecule has 0 unspecified atom stereocenters. The van der Waals surface area contributed by atoms with E-state index in [1.54, 1.807) is 21.9 Å². The number of hydrogen-bond acceptors (Lipinski definition) is 3. The Morgan fingerprint density at radius 3 is 2.26 bits per heavy atom. The van der Waals surface area contributed by atoms with Crippen LogP contribution in [-0.2, 0) is 0 Å². The summed E-state index contributed by atoms with van der Waals surface area (Å²) in [7, 11) is 0. The summed E-state index contributed by atoms with van der Waals surface area (Å²) in [5, 5.41) is 0. The summed E-state index contributed by atoms with van der Waals surface area (Å²) in [6.07, 6.45) is 2.85. The van der Waals surface area contributed by atoms with Crippen molar-refractivity contribution >= 4 is 27.7 Å². The van der Waals surface area contributed by atoms with E-state index in [1.165, 1.54) is 24.7 Å². The number of benzene rings is 1. The third-order valence-corrected chi connectivity index (χ3v) is 4.28. The van der Waals surface area contributed by atoms with E-state index in [0.29, 0.717) is 36.2 Å². The largest absolute Gasteiger partial charge is 0.472 e. The Morgan fingerprint density at radius 2 is 1.70 bits per heavy atom. The predicted molar refractivity (Wildman–Crippen MR) is 84.6 cm³/mol. The second-order valence-corrected chi connectivity index (χ2v) is 6.14. The molecule has 0 N–H and O–H groups in total. The molecule has 0 spiro atoms. The zero-order chi connectivity index (χ0) is 16.4. The Labute approximate surface area is 140 Å². The Kier molecular flexibility index (Phi) is 4.47. The molecule has 0 aliphatic carbocycles. The van der Waals surface area contributed by atoms with Gasteiger partial charge in [0.2, 0.25) is 0 Å². The first kappa shape index (κ1) is 15.7. The first-order chi connectivity index (χ1) is 11.1. The van der Waals surface area contributed by atoms with Gasteiger partial charge in [-0.3, -0.25) is 9.59 Å². The van der Waals surface area contributed by atoms with Crippen molar-refractivity contribution in [2.75, 3.05) is 26.2 Å². The SMILES string of the molecule is O=C(c1ccoc1)N1CCN(C(=O)c2ccc(Br)cc2F)CC1. The quantitative estimate of drug-likeness (QED) is 0.804. The van der Waals surface area contributed by atoms with E-state index >= 15 is 0 Å². The molecule has 1 saturated heterocycles. The Morgan fingerprint density at radius 1 is 1.04 bits per heavy atom. The summed E-state index contributed by atoms with van der Waals surface area (Å²) < 4.78 is 19.4. The van der Waals surface area contributed by atoms with Crippen LogP contribution in [0.5, 0.6) is 0 Å². The van der Waals surface area contributed by atoms with E-state index in [9.17, 15) is 14.0 Å². The van der Waals surface area contributed by atoms with Crippen molar-refractivity contribution in [1.29, 1.82) is 0 Å². The van der Waals surface area contributed by atoms with Gasteiger partial charge >= 0.3 is 0 Å². The van der Waals surface area contributed by atoms with Crippen LogP contribution in [0.1, 0.15) is 20.7 Å². The lowest BCUT2D eigenvalue weighted by molar-refractivity contribution is 0.0532. The van der Waals surface area contributed by atoms with Gasteiger partial charge in [0.15, 0.2) is 0 Å². The fraction of sp³-hybridized carbons (Fsp3) is 0.250. The van der Waals surface area contributed by atoms with Gasteiger partial charge in [0.25, 0.3) is 11.8 Å². The summed E-state index contributed by atoms with van der Waals surface area (Å²) in [4.78, 5) is 27.8. The van der Waals surface area contributed by atoms with E-state index in [1.807, 2.05) is 0 Å². The van der Waals surface area contributed by atoms with E-state index in [2.05, 4.69) is 15.9 Å². The lowest BCUT2D eigenvalue weighted by Crippen LogP contribution is -2.50. The van der Waals surface area contributed by atoms with Gasteiger partial charge in [-0.25, -0.2) is 4.39 Å².